The van der Waals surface area contributed by atoms with E-state index < -0.39 is 5.97 Å². The van der Waals surface area contributed by atoms with Crippen LogP contribution in [0.1, 0.15) is 35.1 Å². The van der Waals surface area contributed by atoms with Gasteiger partial charge in [-0.25, -0.2) is 4.79 Å². The van der Waals surface area contributed by atoms with E-state index in [2.05, 4.69) is 12.0 Å². The van der Waals surface area contributed by atoms with Crippen molar-refractivity contribution in [2.45, 2.75) is 26.2 Å². The van der Waals surface area contributed by atoms with E-state index in [9.17, 15) is 8.68 Å². The summed E-state index contributed by atoms with van der Waals surface area (Å²) in [7, 11) is 0. The third-order valence-electron chi connectivity index (χ3n) is 2.75. The van der Waals surface area contributed by atoms with Crippen LogP contribution in [0.4, 0.5) is 3.89 Å². The van der Waals surface area contributed by atoms with Gasteiger partial charge in [0.1, 0.15) is 0 Å². The molecule has 0 fully saturated rings. The van der Waals surface area contributed by atoms with Crippen LogP contribution in [0.5, 0.6) is 0 Å². The fourth-order valence-electron chi connectivity index (χ4n) is 1.99. The molecule has 1 N–H and O–H groups in total. The molecule has 0 saturated heterocycles. The number of carboxylic acids is 1. The summed E-state index contributed by atoms with van der Waals surface area (Å²) in [5.74, 6) is -0.633. The molecule has 0 aliphatic heterocycles. The first-order valence-corrected chi connectivity index (χ1v) is 5.44. The SMILES string of the molecule is CC1CCc2c(c(C(=O)O)nn2SF)C1. The topological polar surface area (TPSA) is 55.1 Å². The van der Waals surface area contributed by atoms with E-state index in [-0.39, 0.29) is 18.0 Å². The molecule has 1 aliphatic carbocycles. The van der Waals surface area contributed by atoms with Gasteiger partial charge in [0.25, 0.3) is 0 Å². The zero-order valence-electron chi connectivity index (χ0n) is 8.23. The van der Waals surface area contributed by atoms with Crippen LogP contribution in [0.2, 0.25) is 0 Å². The van der Waals surface area contributed by atoms with Crippen molar-refractivity contribution in [3.63, 3.8) is 0 Å². The van der Waals surface area contributed by atoms with Gasteiger partial charge in [-0.05, 0) is 25.2 Å². The first-order chi connectivity index (χ1) is 7.13. The second kappa shape index (κ2) is 3.84. The van der Waals surface area contributed by atoms with E-state index >= 15 is 0 Å². The van der Waals surface area contributed by atoms with Crippen molar-refractivity contribution in [2.75, 3.05) is 0 Å². The molecular weight excluding hydrogens is 219 g/mol. The van der Waals surface area contributed by atoms with Crippen LogP contribution in [0, 0.1) is 5.92 Å². The molecule has 1 atom stereocenters. The Kier molecular flexibility index (Phi) is 2.68. The number of nitrogens with zero attached hydrogens (tertiary/aromatic N) is 2. The van der Waals surface area contributed by atoms with E-state index in [1.54, 1.807) is 0 Å². The minimum Gasteiger partial charge on any atom is -0.476 e. The predicted octanol–water partition coefficient (Wildman–Crippen LogP) is 2.09. The molecule has 1 heterocycles. The van der Waals surface area contributed by atoms with Gasteiger partial charge in [-0.3, -0.25) is 0 Å². The fourth-order valence-corrected chi connectivity index (χ4v) is 2.38. The van der Waals surface area contributed by atoms with E-state index in [0.717, 1.165) is 16.2 Å². The summed E-state index contributed by atoms with van der Waals surface area (Å²) in [6, 6.07) is 0. The second-order valence-electron chi connectivity index (χ2n) is 3.87. The average Bonchev–Trinajstić information content (AvgIpc) is 2.55. The Morgan fingerprint density at radius 1 is 1.73 bits per heavy atom. The maximum absolute atomic E-state index is 12.5. The van der Waals surface area contributed by atoms with Crippen molar-refractivity contribution in [3.05, 3.63) is 17.0 Å². The van der Waals surface area contributed by atoms with Crippen molar-refractivity contribution in [3.8, 4) is 0 Å². The normalized spacial score (nSPS) is 20.0. The number of hydrogen-bond acceptors (Lipinski definition) is 3. The molecule has 15 heavy (non-hydrogen) atoms. The third kappa shape index (κ3) is 1.73. The van der Waals surface area contributed by atoms with E-state index in [1.807, 2.05) is 0 Å². The molecule has 0 radical (unpaired) electrons. The van der Waals surface area contributed by atoms with Crippen LogP contribution in [0.3, 0.4) is 0 Å². The lowest BCUT2D eigenvalue weighted by Gasteiger charge is -2.18. The first kappa shape index (κ1) is 10.5. The van der Waals surface area contributed by atoms with Gasteiger partial charge >= 0.3 is 5.97 Å². The van der Waals surface area contributed by atoms with Crippen molar-refractivity contribution in [2.24, 2.45) is 5.92 Å². The van der Waals surface area contributed by atoms with Gasteiger partial charge in [0.05, 0.1) is 5.69 Å². The highest BCUT2D eigenvalue weighted by Crippen LogP contribution is 2.30. The van der Waals surface area contributed by atoms with Crippen molar-refractivity contribution < 1.29 is 13.8 Å². The standard InChI is InChI=1S/C9H11FN2O2S/c1-5-2-3-7-6(4-5)8(9(13)14)11-12(7)15-10/h5H,2-4H2,1H3,(H,13,14). The lowest BCUT2D eigenvalue weighted by Crippen LogP contribution is -2.13. The molecular formula is C9H11FN2O2S. The largest absolute Gasteiger partial charge is 0.476 e. The molecule has 0 saturated carbocycles. The number of halogens is 1. The van der Waals surface area contributed by atoms with Gasteiger partial charge in [0.2, 0.25) is 0 Å². The highest BCUT2D eigenvalue weighted by molar-refractivity contribution is 7.92. The number of aromatic nitrogens is 2. The summed E-state index contributed by atoms with van der Waals surface area (Å²) in [4.78, 5) is 10.9. The van der Waals surface area contributed by atoms with Gasteiger partial charge < -0.3 is 5.11 Å². The van der Waals surface area contributed by atoms with Gasteiger partial charge in [-0.1, -0.05) is 6.92 Å². The van der Waals surface area contributed by atoms with Crippen LogP contribution in [0.25, 0.3) is 0 Å². The Morgan fingerprint density at radius 3 is 3.07 bits per heavy atom. The molecule has 1 aliphatic rings. The molecule has 4 nitrogen and oxygen atoms in total. The van der Waals surface area contributed by atoms with Gasteiger partial charge in [-0.15, -0.1) is 3.89 Å². The van der Waals surface area contributed by atoms with Gasteiger partial charge in [0, 0.05) is 5.56 Å². The smallest absolute Gasteiger partial charge is 0.356 e. The number of fused-ring (bicyclic) bond motifs is 1. The van der Waals surface area contributed by atoms with E-state index in [4.69, 9.17) is 5.11 Å². The number of aromatic carboxylic acids is 1. The summed E-state index contributed by atoms with van der Waals surface area (Å²) < 4.78 is 13.6. The van der Waals surface area contributed by atoms with Crippen molar-refractivity contribution in [1.82, 2.24) is 9.19 Å². The van der Waals surface area contributed by atoms with Crippen molar-refractivity contribution >= 4 is 18.3 Å². The number of rotatable bonds is 2. The summed E-state index contributed by atoms with van der Waals surface area (Å²) in [5, 5.41) is 12.7. The maximum atomic E-state index is 12.5. The van der Waals surface area contributed by atoms with Crippen LogP contribution < -0.4 is 0 Å². The molecule has 82 valence electrons. The zero-order chi connectivity index (χ0) is 11.0. The third-order valence-corrected chi connectivity index (χ3v) is 3.18. The van der Waals surface area contributed by atoms with Crippen LogP contribution in [-0.2, 0) is 12.8 Å². The molecule has 1 unspecified atom stereocenters. The molecule has 0 aromatic carbocycles. The minimum absolute atomic E-state index is 0.00157. The lowest BCUT2D eigenvalue weighted by atomic mass is 9.88. The van der Waals surface area contributed by atoms with Crippen molar-refractivity contribution in [1.29, 1.82) is 0 Å². The summed E-state index contributed by atoms with van der Waals surface area (Å²) in [6.45, 7) is 2.06. The maximum Gasteiger partial charge on any atom is 0.356 e. The summed E-state index contributed by atoms with van der Waals surface area (Å²) in [6.07, 6.45) is 2.34. The molecule has 0 spiro atoms. The Bertz CT molecular complexity index is 405. The molecule has 0 amide bonds. The minimum atomic E-state index is -1.08. The number of carboxylic acid groups (broad SMARTS) is 1. The second-order valence-corrected chi connectivity index (χ2v) is 4.35. The monoisotopic (exact) mass is 230 g/mol. The summed E-state index contributed by atoms with van der Waals surface area (Å²) >= 11 is -0.0349. The van der Waals surface area contributed by atoms with Crippen LogP contribution in [-0.4, -0.2) is 20.3 Å². The zero-order valence-corrected chi connectivity index (χ0v) is 9.05. The van der Waals surface area contributed by atoms with Gasteiger partial charge in [0.15, 0.2) is 18.0 Å². The molecule has 1 aromatic heterocycles. The first-order valence-electron chi connectivity index (χ1n) is 4.76. The highest BCUT2D eigenvalue weighted by atomic mass is 32.2. The average molecular weight is 230 g/mol. The molecule has 6 heteroatoms. The fraction of sp³-hybridized carbons (Fsp3) is 0.556. The Labute approximate surface area is 90.9 Å². The quantitative estimate of drug-likeness (QED) is 0.845. The Balaban J connectivity index is 2.50. The summed E-state index contributed by atoms with van der Waals surface area (Å²) in [5.41, 5.74) is 1.42. The number of carbonyl (C=O) groups is 1. The molecule has 2 rings (SSSR count). The Hall–Kier alpha value is -1.04. The van der Waals surface area contributed by atoms with Crippen LogP contribution in [0.15, 0.2) is 0 Å². The number of hydrogen-bond donors (Lipinski definition) is 1. The highest BCUT2D eigenvalue weighted by Gasteiger charge is 2.27. The molecule has 1 aromatic rings. The lowest BCUT2D eigenvalue weighted by molar-refractivity contribution is 0.0688. The molecule has 0 bridgehead atoms. The predicted molar refractivity (Wildman–Crippen MR) is 54.5 cm³/mol. The van der Waals surface area contributed by atoms with E-state index in [1.165, 1.54) is 0 Å². The van der Waals surface area contributed by atoms with Gasteiger partial charge in [-0.2, -0.15) is 9.19 Å². The Morgan fingerprint density at radius 2 is 2.47 bits per heavy atom. The van der Waals surface area contributed by atoms with E-state index in [0.29, 0.717) is 24.3 Å². The van der Waals surface area contributed by atoms with Crippen LogP contribution >= 0.6 is 12.3 Å².